The van der Waals surface area contributed by atoms with E-state index in [0.717, 1.165) is 24.8 Å². The van der Waals surface area contributed by atoms with E-state index < -0.39 is 28.0 Å². The number of sulfonamides is 1. The van der Waals surface area contributed by atoms with E-state index >= 15 is 0 Å². The van der Waals surface area contributed by atoms with Crippen LogP contribution in [0.15, 0.2) is 23.1 Å². The molecule has 164 valence electrons. The maximum absolute atomic E-state index is 12.9. The molecular weight excluding hydrogens is 408 g/mol. The van der Waals surface area contributed by atoms with E-state index in [4.69, 9.17) is 10.5 Å². The third-order valence-corrected chi connectivity index (χ3v) is 7.11. The first kappa shape index (κ1) is 22.2. The lowest BCUT2D eigenvalue weighted by atomic mass is 10.3. The van der Waals surface area contributed by atoms with Crippen molar-refractivity contribution in [1.29, 1.82) is 0 Å². The Morgan fingerprint density at radius 3 is 2.60 bits per heavy atom. The number of hydrogen-bond acceptors (Lipinski definition) is 6. The molecule has 1 aromatic heterocycles. The van der Waals surface area contributed by atoms with Gasteiger partial charge in [0.25, 0.3) is 5.91 Å². The fourth-order valence-electron chi connectivity index (χ4n) is 3.59. The van der Waals surface area contributed by atoms with Gasteiger partial charge >= 0.3 is 5.97 Å². The molecule has 30 heavy (non-hydrogen) atoms. The maximum atomic E-state index is 12.9. The van der Waals surface area contributed by atoms with Crippen LogP contribution in [0.2, 0.25) is 0 Å². The molecule has 0 bridgehead atoms. The lowest BCUT2D eigenvalue weighted by molar-refractivity contribution is -0.153. The molecule has 1 aliphatic rings. The minimum absolute atomic E-state index is 0.0452. The predicted octanol–water partition coefficient (Wildman–Crippen LogP) is 1.58. The largest absolute Gasteiger partial charge is 0.453 e. The molecule has 2 heterocycles. The Morgan fingerprint density at radius 2 is 1.97 bits per heavy atom. The lowest BCUT2D eigenvalue weighted by Crippen LogP contribution is -2.30. The van der Waals surface area contributed by atoms with Crippen LogP contribution in [-0.4, -0.2) is 53.3 Å². The SMILES string of the molecule is CCCn1c(CCC(=O)O[C@H](C)C(N)=O)nc2cc(S(=O)(=O)N3CCCC3)ccc21. The van der Waals surface area contributed by atoms with Crippen LogP contribution in [0, 0.1) is 0 Å². The number of primary amides is 1. The summed E-state index contributed by atoms with van der Waals surface area (Å²) in [5.74, 6) is -0.562. The Kier molecular flexibility index (Phi) is 6.77. The van der Waals surface area contributed by atoms with Crippen LogP contribution in [0.25, 0.3) is 11.0 Å². The predicted molar refractivity (Wildman–Crippen MR) is 111 cm³/mol. The van der Waals surface area contributed by atoms with Gasteiger partial charge in [0, 0.05) is 26.1 Å². The molecule has 1 amide bonds. The average Bonchev–Trinajstić information content (AvgIpc) is 3.35. The van der Waals surface area contributed by atoms with Gasteiger partial charge in [0.05, 0.1) is 22.3 Å². The number of aryl methyl sites for hydroxylation is 2. The van der Waals surface area contributed by atoms with Crippen molar-refractivity contribution >= 4 is 32.9 Å². The molecule has 0 aliphatic carbocycles. The molecule has 2 N–H and O–H groups in total. The number of aromatic nitrogens is 2. The third kappa shape index (κ3) is 4.65. The number of fused-ring (bicyclic) bond motifs is 1. The van der Waals surface area contributed by atoms with E-state index in [2.05, 4.69) is 4.98 Å². The van der Waals surface area contributed by atoms with E-state index in [1.807, 2.05) is 11.5 Å². The van der Waals surface area contributed by atoms with Gasteiger partial charge in [-0.15, -0.1) is 0 Å². The molecule has 0 unspecified atom stereocenters. The molecular formula is C20H28N4O5S. The van der Waals surface area contributed by atoms with E-state index in [-0.39, 0.29) is 11.3 Å². The number of hydrogen-bond donors (Lipinski definition) is 1. The van der Waals surface area contributed by atoms with Crippen LogP contribution in [-0.2, 0) is 37.3 Å². The number of carbonyl (C=O) groups is 2. The fourth-order valence-corrected chi connectivity index (χ4v) is 5.13. The zero-order valence-corrected chi connectivity index (χ0v) is 18.2. The summed E-state index contributed by atoms with van der Waals surface area (Å²) >= 11 is 0. The highest BCUT2D eigenvalue weighted by Crippen LogP contribution is 2.26. The van der Waals surface area contributed by atoms with Crippen LogP contribution in [0.5, 0.6) is 0 Å². The number of nitrogens with two attached hydrogens (primary N) is 1. The number of carbonyl (C=O) groups excluding carboxylic acids is 2. The van der Waals surface area contributed by atoms with Crippen molar-refractivity contribution in [2.45, 2.75) is 63.5 Å². The van der Waals surface area contributed by atoms with Gasteiger partial charge in [0.15, 0.2) is 6.10 Å². The summed E-state index contributed by atoms with van der Waals surface area (Å²) in [6.45, 7) is 5.24. The molecule has 0 saturated carbocycles. The van der Waals surface area contributed by atoms with Gasteiger partial charge in [-0.3, -0.25) is 9.59 Å². The van der Waals surface area contributed by atoms with Gasteiger partial charge in [-0.25, -0.2) is 13.4 Å². The smallest absolute Gasteiger partial charge is 0.307 e. The lowest BCUT2D eigenvalue weighted by Gasteiger charge is -2.15. The zero-order valence-electron chi connectivity index (χ0n) is 17.3. The molecule has 3 rings (SSSR count). The van der Waals surface area contributed by atoms with Crippen LogP contribution in [0.1, 0.15) is 45.4 Å². The van der Waals surface area contributed by atoms with E-state index in [9.17, 15) is 18.0 Å². The second-order valence-electron chi connectivity index (χ2n) is 7.48. The summed E-state index contributed by atoms with van der Waals surface area (Å²) in [5.41, 5.74) is 6.52. The number of nitrogens with zero attached hydrogens (tertiary/aromatic N) is 3. The maximum Gasteiger partial charge on any atom is 0.307 e. The Labute approximate surface area is 176 Å². The summed E-state index contributed by atoms with van der Waals surface area (Å²) in [4.78, 5) is 27.9. The van der Waals surface area contributed by atoms with Crippen LogP contribution < -0.4 is 5.73 Å². The molecule has 9 nitrogen and oxygen atoms in total. The molecule has 1 atom stereocenters. The summed E-state index contributed by atoms with van der Waals surface area (Å²) in [6, 6.07) is 5.00. The highest BCUT2D eigenvalue weighted by atomic mass is 32.2. The van der Waals surface area contributed by atoms with Crippen molar-refractivity contribution < 1.29 is 22.7 Å². The first-order valence-electron chi connectivity index (χ1n) is 10.2. The van der Waals surface area contributed by atoms with E-state index in [1.54, 1.807) is 18.2 Å². The topological polar surface area (TPSA) is 125 Å². The molecule has 1 saturated heterocycles. The van der Waals surface area contributed by atoms with Crippen molar-refractivity contribution in [3.63, 3.8) is 0 Å². The fraction of sp³-hybridized carbons (Fsp3) is 0.550. The van der Waals surface area contributed by atoms with Crippen molar-refractivity contribution in [2.24, 2.45) is 5.73 Å². The second-order valence-corrected chi connectivity index (χ2v) is 9.41. The van der Waals surface area contributed by atoms with E-state index in [1.165, 1.54) is 11.2 Å². The number of amides is 1. The average molecular weight is 437 g/mol. The number of esters is 1. The van der Waals surface area contributed by atoms with Crippen molar-refractivity contribution in [3.05, 3.63) is 24.0 Å². The Morgan fingerprint density at radius 1 is 1.27 bits per heavy atom. The molecule has 1 fully saturated rings. The highest BCUT2D eigenvalue weighted by molar-refractivity contribution is 7.89. The van der Waals surface area contributed by atoms with Gasteiger partial charge in [-0.05, 0) is 44.4 Å². The monoisotopic (exact) mass is 436 g/mol. The Balaban J connectivity index is 1.85. The number of rotatable bonds is 9. The normalized spacial score (nSPS) is 16.1. The van der Waals surface area contributed by atoms with Crippen molar-refractivity contribution in [2.75, 3.05) is 13.1 Å². The van der Waals surface area contributed by atoms with Crippen LogP contribution >= 0.6 is 0 Å². The first-order valence-corrected chi connectivity index (χ1v) is 11.7. The molecule has 10 heteroatoms. The molecule has 2 aromatic rings. The van der Waals surface area contributed by atoms with Crippen molar-refractivity contribution in [1.82, 2.24) is 13.9 Å². The minimum atomic E-state index is -3.53. The van der Waals surface area contributed by atoms with Gasteiger partial charge < -0.3 is 15.0 Å². The molecule has 0 spiro atoms. The first-order chi connectivity index (χ1) is 14.2. The minimum Gasteiger partial charge on any atom is -0.453 e. The summed E-state index contributed by atoms with van der Waals surface area (Å²) < 4.78 is 34.2. The van der Waals surface area contributed by atoms with E-state index in [0.29, 0.717) is 37.4 Å². The second kappa shape index (κ2) is 9.13. The third-order valence-electron chi connectivity index (χ3n) is 5.21. The van der Waals surface area contributed by atoms with Gasteiger partial charge in [-0.2, -0.15) is 4.31 Å². The summed E-state index contributed by atoms with van der Waals surface area (Å²) in [7, 11) is -3.53. The van der Waals surface area contributed by atoms with Crippen molar-refractivity contribution in [3.8, 4) is 0 Å². The summed E-state index contributed by atoms with van der Waals surface area (Å²) in [5, 5.41) is 0. The Hall–Kier alpha value is -2.46. The molecule has 1 aliphatic heterocycles. The Bertz CT molecular complexity index is 1040. The number of benzene rings is 1. The molecule has 0 radical (unpaired) electrons. The molecule has 1 aromatic carbocycles. The highest BCUT2D eigenvalue weighted by Gasteiger charge is 2.28. The van der Waals surface area contributed by atoms with Gasteiger partial charge in [0.1, 0.15) is 5.82 Å². The van der Waals surface area contributed by atoms with Gasteiger partial charge in [-0.1, -0.05) is 6.92 Å². The van der Waals surface area contributed by atoms with Crippen LogP contribution in [0.4, 0.5) is 0 Å². The van der Waals surface area contributed by atoms with Gasteiger partial charge in [0.2, 0.25) is 10.0 Å². The summed E-state index contributed by atoms with van der Waals surface area (Å²) in [6.07, 6.45) is 1.99. The zero-order chi connectivity index (χ0) is 21.9. The van der Waals surface area contributed by atoms with Crippen LogP contribution in [0.3, 0.4) is 0 Å². The quantitative estimate of drug-likeness (QED) is 0.595. The number of imidazole rings is 1. The number of ether oxygens (including phenoxy) is 1. The standard InChI is InChI=1S/C20H28N4O5S/c1-3-10-24-17-7-6-15(30(27,28)23-11-4-5-12-23)13-16(17)22-18(24)8-9-19(25)29-14(2)20(21)26/h6-7,13-14H,3-5,8-12H2,1-2H3,(H2,21,26)/t14-/m1/s1.